The van der Waals surface area contributed by atoms with Crippen molar-refractivity contribution in [3.63, 3.8) is 0 Å². The average molecular weight is 277 g/mol. The maximum Gasteiger partial charge on any atom is 0.234 e. The number of thioether (sulfide) groups is 1. The Morgan fingerprint density at radius 2 is 2.26 bits per heavy atom. The van der Waals surface area contributed by atoms with Crippen LogP contribution in [0.2, 0.25) is 0 Å². The number of rotatable bonds is 4. The monoisotopic (exact) mass is 277 g/mol. The first-order valence-corrected chi connectivity index (χ1v) is 6.82. The largest absolute Gasteiger partial charge is 0.497 e. The molecule has 1 atom stereocenters. The van der Waals surface area contributed by atoms with Crippen molar-refractivity contribution in [3.8, 4) is 23.8 Å². The molecule has 5 heteroatoms. The SMILES string of the molecule is C#CCN1C(=O)CSC1c1ccc(OC)cc1OC. The second-order valence-corrected chi connectivity index (χ2v) is 5.07. The van der Waals surface area contributed by atoms with E-state index in [1.54, 1.807) is 30.9 Å². The molecule has 1 saturated heterocycles. The maximum atomic E-state index is 11.8. The molecule has 0 aromatic heterocycles. The number of carbonyl (C=O) groups excluding carboxylic acids is 1. The molecular formula is C14H15NO3S. The molecule has 1 fully saturated rings. The predicted octanol–water partition coefficient (Wildman–Crippen LogP) is 1.91. The van der Waals surface area contributed by atoms with E-state index < -0.39 is 0 Å². The second kappa shape index (κ2) is 5.89. The van der Waals surface area contributed by atoms with Crippen LogP contribution < -0.4 is 9.47 Å². The lowest BCUT2D eigenvalue weighted by Gasteiger charge is -2.23. The molecule has 1 unspecified atom stereocenters. The van der Waals surface area contributed by atoms with Gasteiger partial charge < -0.3 is 14.4 Å². The molecule has 1 aromatic carbocycles. The number of terminal acetylenes is 1. The first-order chi connectivity index (χ1) is 9.21. The van der Waals surface area contributed by atoms with Crippen LogP contribution >= 0.6 is 11.8 Å². The van der Waals surface area contributed by atoms with Crippen molar-refractivity contribution < 1.29 is 14.3 Å². The summed E-state index contributed by atoms with van der Waals surface area (Å²) in [6, 6.07) is 5.58. The van der Waals surface area contributed by atoms with Gasteiger partial charge in [-0.3, -0.25) is 4.79 Å². The van der Waals surface area contributed by atoms with E-state index in [4.69, 9.17) is 15.9 Å². The van der Waals surface area contributed by atoms with Gasteiger partial charge in [-0.1, -0.05) is 5.92 Å². The minimum atomic E-state index is -0.0931. The summed E-state index contributed by atoms with van der Waals surface area (Å²) in [5.74, 6) is 4.46. The van der Waals surface area contributed by atoms with Crippen molar-refractivity contribution in [1.82, 2.24) is 4.90 Å². The molecule has 0 radical (unpaired) electrons. The van der Waals surface area contributed by atoms with Gasteiger partial charge in [-0.05, 0) is 12.1 Å². The van der Waals surface area contributed by atoms with E-state index in [9.17, 15) is 4.79 Å². The van der Waals surface area contributed by atoms with Crippen LogP contribution in [-0.4, -0.2) is 37.3 Å². The quantitative estimate of drug-likeness (QED) is 0.788. The highest BCUT2D eigenvalue weighted by Crippen LogP contribution is 2.43. The minimum absolute atomic E-state index is 0.0609. The van der Waals surface area contributed by atoms with E-state index >= 15 is 0 Å². The molecule has 4 nitrogen and oxygen atoms in total. The minimum Gasteiger partial charge on any atom is -0.497 e. The Morgan fingerprint density at radius 3 is 2.89 bits per heavy atom. The zero-order chi connectivity index (χ0) is 13.8. The van der Waals surface area contributed by atoms with Crippen molar-refractivity contribution in [1.29, 1.82) is 0 Å². The summed E-state index contributed by atoms with van der Waals surface area (Å²) in [4.78, 5) is 13.5. The third kappa shape index (κ3) is 2.64. The number of hydrogen-bond donors (Lipinski definition) is 0. The van der Waals surface area contributed by atoms with Gasteiger partial charge in [0, 0.05) is 11.6 Å². The summed E-state index contributed by atoms with van der Waals surface area (Å²) in [5, 5.41) is -0.0931. The van der Waals surface area contributed by atoms with Crippen LogP contribution in [-0.2, 0) is 4.79 Å². The lowest BCUT2D eigenvalue weighted by Crippen LogP contribution is -2.28. The number of carbonyl (C=O) groups is 1. The van der Waals surface area contributed by atoms with Gasteiger partial charge in [-0.25, -0.2) is 0 Å². The molecular weight excluding hydrogens is 262 g/mol. The molecule has 2 rings (SSSR count). The summed E-state index contributed by atoms with van der Waals surface area (Å²) in [5.41, 5.74) is 0.939. The molecule has 1 aliphatic heterocycles. The fourth-order valence-electron chi connectivity index (χ4n) is 2.00. The van der Waals surface area contributed by atoms with Crippen molar-refractivity contribution in [2.75, 3.05) is 26.5 Å². The first kappa shape index (κ1) is 13.6. The third-order valence-electron chi connectivity index (χ3n) is 2.94. The molecule has 1 aromatic rings. The smallest absolute Gasteiger partial charge is 0.234 e. The van der Waals surface area contributed by atoms with Gasteiger partial charge in [0.2, 0.25) is 5.91 Å². The Kier molecular flexibility index (Phi) is 4.23. The number of amides is 1. The van der Waals surface area contributed by atoms with Crippen molar-refractivity contribution in [3.05, 3.63) is 23.8 Å². The number of hydrogen-bond acceptors (Lipinski definition) is 4. The van der Waals surface area contributed by atoms with Gasteiger partial charge in [-0.2, -0.15) is 0 Å². The van der Waals surface area contributed by atoms with Gasteiger partial charge in [0.1, 0.15) is 16.9 Å². The van der Waals surface area contributed by atoms with Gasteiger partial charge >= 0.3 is 0 Å². The summed E-state index contributed by atoms with van der Waals surface area (Å²) in [6.07, 6.45) is 5.32. The lowest BCUT2D eigenvalue weighted by molar-refractivity contribution is -0.127. The van der Waals surface area contributed by atoms with Crippen LogP contribution in [0.4, 0.5) is 0 Å². The highest BCUT2D eigenvalue weighted by atomic mass is 32.2. The summed E-state index contributed by atoms with van der Waals surface area (Å²) in [6.45, 7) is 0.311. The van der Waals surface area contributed by atoms with Crippen LogP contribution in [0.15, 0.2) is 18.2 Å². The van der Waals surface area contributed by atoms with Gasteiger partial charge in [0.05, 0.1) is 26.5 Å². The molecule has 0 spiro atoms. The number of ether oxygens (including phenoxy) is 2. The van der Waals surface area contributed by atoms with E-state index in [-0.39, 0.29) is 11.3 Å². The molecule has 0 saturated carbocycles. The Labute approximate surface area is 117 Å². The van der Waals surface area contributed by atoms with E-state index in [0.717, 1.165) is 11.3 Å². The molecule has 0 N–H and O–H groups in total. The average Bonchev–Trinajstić information content (AvgIpc) is 2.80. The van der Waals surface area contributed by atoms with Crippen LogP contribution in [0.3, 0.4) is 0 Å². The Morgan fingerprint density at radius 1 is 1.47 bits per heavy atom. The van der Waals surface area contributed by atoms with Gasteiger partial charge in [-0.15, -0.1) is 18.2 Å². The van der Waals surface area contributed by atoms with E-state index in [1.165, 1.54) is 0 Å². The fraction of sp³-hybridized carbons (Fsp3) is 0.357. The highest BCUT2D eigenvalue weighted by Gasteiger charge is 2.34. The van der Waals surface area contributed by atoms with Gasteiger partial charge in [0.15, 0.2) is 0 Å². The van der Waals surface area contributed by atoms with Crippen LogP contribution in [0, 0.1) is 12.3 Å². The molecule has 1 heterocycles. The van der Waals surface area contributed by atoms with Crippen LogP contribution in [0.25, 0.3) is 0 Å². The zero-order valence-corrected chi connectivity index (χ0v) is 11.7. The van der Waals surface area contributed by atoms with E-state index in [0.29, 0.717) is 18.0 Å². The molecule has 19 heavy (non-hydrogen) atoms. The topological polar surface area (TPSA) is 38.8 Å². The third-order valence-corrected chi connectivity index (χ3v) is 4.17. The van der Waals surface area contributed by atoms with Gasteiger partial charge in [0.25, 0.3) is 0 Å². The molecule has 0 bridgehead atoms. The molecule has 0 aliphatic carbocycles. The molecule has 1 amide bonds. The first-order valence-electron chi connectivity index (χ1n) is 5.77. The highest BCUT2D eigenvalue weighted by molar-refractivity contribution is 8.00. The number of methoxy groups -OCH3 is 2. The fourth-order valence-corrected chi connectivity index (χ4v) is 3.22. The Hall–Kier alpha value is -1.80. The Bertz CT molecular complexity index is 524. The van der Waals surface area contributed by atoms with Crippen molar-refractivity contribution in [2.24, 2.45) is 0 Å². The normalized spacial score (nSPS) is 18.3. The number of benzene rings is 1. The van der Waals surface area contributed by atoms with E-state index in [2.05, 4.69) is 5.92 Å². The second-order valence-electron chi connectivity index (χ2n) is 4.00. The summed E-state index contributed by atoms with van der Waals surface area (Å²) in [7, 11) is 3.21. The number of nitrogens with zero attached hydrogens (tertiary/aromatic N) is 1. The summed E-state index contributed by atoms with van der Waals surface area (Å²) >= 11 is 1.55. The Balaban J connectivity index is 2.35. The van der Waals surface area contributed by atoms with Crippen LogP contribution in [0.1, 0.15) is 10.9 Å². The van der Waals surface area contributed by atoms with Crippen LogP contribution in [0.5, 0.6) is 11.5 Å². The lowest BCUT2D eigenvalue weighted by atomic mass is 10.1. The van der Waals surface area contributed by atoms with Crippen molar-refractivity contribution >= 4 is 17.7 Å². The van der Waals surface area contributed by atoms with E-state index in [1.807, 2.05) is 18.2 Å². The maximum absolute atomic E-state index is 11.8. The summed E-state index contributed by atoms with van der Waals surface area (Å²) < 4.78 is 10.5. The predicted molar refractivity (Wildman–Crippen MR) is 75.3 cm³/mol. The van der Waals surface area contributed by atoms with Crippen molar-refractivity contribution in [2.45, 2.75) is 5.37 Å². The molecule has 1 aliphatic rings. The zero-order valence-electron chi connectivity index (χ0n) is 10.9. The standard InChI is InChI=1S/C14H15NO3S/c1-4-7-15-13(16)9-19-14(15)11-6-5-10(17-2)8-12(11)18-3/h1,5-6,8,14H,7,9H2,2-3H3. The molecule has 100 valence electrons.